The Morgan fingerprint density at radius 3 is 2.27 bits per heavy atom. The lowest BCUT2D eigenvalue weighted by molar-refractivity contribution is 0.0950. The van der Waals surface area contributed by atoms with E-state index >= 15 is 0 Å². The molecule has 1 amide bonds. The number of rotatable bonds is 6. The number of nitrogens with zero attached hydrogens (tertiary/aromatic N) is 2. The molecule has 1 heterocycles. The predicted octanol–water partition coefficient (Wildman–Crippen LogP) is 3.97. The van der Waals surface area contributed by atoms with Gasteiger partial charge in [-0.15, -0.1) is 0 Å². The number of hydrogen-bond acceptors (Lipinski definition) is 3. The quantitative estimate of drug-likeness (QED) is 0.524. The van der Waals surface area contributed by atoms with Crippen molar-refractivity contribution in [3.63, 3.8) is 0 Å². The summed E-state index contributed by atoms with van der Waals surface area (Å²) >= 11 is 0. The minimum atomic E-state index is -0.324. The summed E-state index contributed by atoms with van der Waals surface area (Å²) in [5.74, 6) is -0.324. The van der Waals surface area contributed by atoms with Crippen LogP contribution in [-0.2, 0) is 12.8 Å². The Balaban J connectivity index is 1.62. The molecular formula is C21H22N4O. The second-order valence-corrected chi connectivity index (χ2v) is 6.01. The highest BCUT2D eigenvalue weighted by Crippen LogP contribution is 2.18. The summed E-state index contributed by atoms with van der Waals surface area (Å²) in [6, 6.07) is 17.9. The van der Waals surface area contributed by atoms with Gasteiger partial charge in [0, 0.05) is 5.56 Å². The van der Waals surface area contributed by atoms with E-state index in [9.17, 15) is 4.79 Å². The first-order chi connectivity index (χ1) is 12.7. The first kappa shape index (κ1) is 17.6. The van der Waals surface area contributed by atoms with Crippen LogP contribution in [0.15, 0.2) is 59.7 Å². The van der Waals surface area contributed by atoms with Crippen molar-refractivity contribution in [2.24, 2.45) is 5.10 Å². The third-order valence-electron chi connectivity index (χ3n) is 4.25. The van der Waals surface area contributed by atoms with Crippen LogP contribution in [0.2, 0.25) is 0 Å². The number of hydrogen-bond donors (Lipinski definition) is 2. The van der Waals surface area contributed by atoms with E-state index in [0.29, 0.717) is 5.69 Å². The maximum Gasteiger partial charge on any atom is 0.289 e. The van der Waals surface area contributed by atoms with Crippen molar-refractivity contribution in [3.05, 3.63) is 77.0 Å². The Hall–Kier alpha value is -3.21. The Morgan fingerprint density at radius 1 is 1.04 bits per heavy atom. The highest BCUT2D eigenvalue weighted by molar-refractivity contribution is 5.94. The van der Waals surface area contributed by atoms with Crippen LogP contribution >= 0.6 is 0 Å². The van der Waals surface area contributed by atoms with E-state index in [0.717, 1.165) is 29.7 Å². The molecule has 5 heteroatoms. The van der Waals surface area contributed by atoms with Crippen molar-refractivity contribution < 1.29 is 4.79 Å². The zero-order chi connectivity index (χ0) is 18.4. The highest BCUT2D eigenvalue weighted by atomic mass is 16.2. The van der Waals surface area contributed by atoms with Crippen LogP contribution in [0.3, 0.4) is 0 Å². The fourth-order valence-corrected chi connectivity index (χ4v) is 2.56. The summed E-state index contributed by atoms with van der Waals surface area (Å²) in [6.45, 7) is 4.23. The van der Waals surface area contributed by atoms with Gasteiger partial charge in [-0.05, 0) is 35.6 Å². The number of nitrogens with one attached hydrogen (secondary N) is 2. The maximum absolute atomic E-state index is 12.2. The third kappa shape index (κ3) is 4.25. The Morgan fingerprint density at radius 2 is 1.65 bits per heavy atom. The lowest BCUT2D eigenvalue weighted by atomic mass is 10.1. The van der Waals surface area contributed by atoms with Crippen molar-refractivity contribution in [2.75, 3.05) is 0 Å². The van der Waals surface area contributed by atoms with Gasteiger partial charge in [-0.2, -0.15) is 10.2 Å². The predicted molar refractivity (Wildman–Crippen MR) is 104 cm³/mol. The second kappa shape index (κ2) is 8.25. The molecule has 0 atom stereocenters. The molecule has 3 rings (SSSR count). The number of carbonyl (C=O) groups excluding carboxylic acids is 1. The number of aryl methyl sites for hydroxylation is 2. The minimum Gasteiger partial charge on any atom is -0.272 e. The zero-order valence-corrected chi connectivity index (χ0v) is 15.0. The van der Waals surface area contributed by atoms with Crippen LogP contribution in [0, 0.1) is 0 Å². The molecule has 0 bridgehead atoms. The molecule has 2 aromatic carbocycles. The Bertz CT molecular complexity index is 893. The van der Waals surface area contributed by atoms with Crippen molar-refractivity contribution in [1.29, 1.82) is 0 Å². The van der Waals surface area contributed by atoms with E-state index in [2.05, 4.69) is 46.7 Å². The smallest absolute Gasteiger partial charge is 0.272 e. The summed E-state index contributed by atoms with van der Waals surface area (Å²) in [6.07, 6.45) is 3.61. The number of amides is 1. The number of hydrazone groups is 1. The molecule has 26 heavy (non-hydrogen) atoms. The van der Waals surface area contributed by atoms with E-state index in [4.69, 9.17) is 0 Å². The van der Waals surface area contributed by atoms with Crippen molar-refractivity contribution in [3.8, 4) is 11.3 Å². The van der Waals surface area contributed by atoms with Gasteiger partial charge in [-0.3, -0.25) is 9.89 Å². The fourth-order valence-electron chi connectivity index (χ4n) is 2.56. The Kier molecular flexibility index (Phi) is 5.59. The SMILES string of the molecule is CCc1ccc(C=NNC(=O)c2cc(-c3ccc(CC)cc3)n[nH]2)cc1. The van der Waals surface area contributed by atoms with Gasteiger partial charge in [0.05, 0.1) is 11.9 Å². The zero-order valence-electron chi connectivity index (χ0n) is 15.0. The van der Waals surface area contributed by atoms with Gasteiger partial charge in [-0.1, -0.05) is 62.4 Å². The molecular weight excluding hydrogens is 324 g/mol. The van der Waals surface area contributed by atoms with Gasteiger partial charge in [0.1, 0.15) is 5.69 Å². The van der Waals surface area contributed by atoms with E-state index in [-0.39, 0.29) is 5.91 Å². The maximum atomic E-state index is 12.2. The summed E-state index contributed by atoms with van der Waals surface area (Å²) in [4.78, 5) is 12.2. The molecule has 1 aromatic heterocycles. The molecule has 3 aromatic rings. The van der Waals surface area contributed by atoms with Crippen LogP contribution in [0.4, 0.5) is 0 Å². The number of aromatic amines is 1. The van der Waals surface area contributed by atoms with E-state index in [1.165, 1.54) is 11.1 Å². The summed E-state index contributed by atoms with van der Waals surface area (Å²) in [5, 5.41) is 11.0. The monoisotopic (exact) mass is 346 g/mol. The van der Waals surface area contributed by atoms with Gasteiger partial charge >= 0.3 is 0 Å². The van der Waals surface area contributed by atoms with Gasteiger partial charge in [0.15, 0.2) is 0 Å². The van der Waals surface area contributed by atoms with Gasteiger partial charge in [0.25, 0.3) is 5.91 Å². The molecule has 0 spiro atoms. The molecule has 0 aliphatic heterocycles. The lowest BCUT2D eigenvalue weighted by Crippen LogP contribution is -2.17. The first-order valence-corrected chi connectivity index (χ1v) is 8.76. The molecule has 0 fully saturated rings. The molecule has 0 saturated carbocycles. The van der Waals surface area contributed by atoms with Gasteiger partial charge in [0.2, 0.25) is 0 Å². The minimum absolute atomic E-state index is 0.324. The van der Waals surface area contributed by atoms with E-state index in [1.807, 2.05) is 36.4 Å². The molecule has 0 unspecified atom stereocenters. The molecule has 132 valence electrons. The summed E-state index contributed by atoms with van der Waals surface area (Å²) < 4.78 is 0. The van der Waals surface area contributed by atoms with Crippen LogP contribution in [0.25, 0.3) is 11.3 Å². The van der Waals surface area contributed by atoms with E-state index < -0.39 is 0 Å². The van der Waals surface area contributed by atoms with E-state index in [1.54, 1.807) is 12.3 Å². The average Bonchev–Trinajstić information content (AvgIpc) is 3.19. The third-order valence-corrected chi connectivity index (χ3v) is 4.25. The molecule has 2 N–H and O–H groups in total. The van der Waals surface area contributed by atoms with Gasteiger partial charge in [-0.25, -0.2) is 5.43 Å². The lowest BCUT2D eigenvalue weighted by Gasteiger charge is -1.99. The largest absolute Gasteiger partial charge is 0.289 e. The number of H-pyrrole nitrogens is 1. The fraction of sp³-hybridized carbons (Fsp3) is 0.190. The normalized spacial score (nSPS) is 11.0. The topological polar surface area (TPSA) is 70.1 Å². The van der Waals surface area contributed by atoms with Crippen molar-refractivity contribution in [2.45, 2.75) is 26.7 Å². The number of benzene rings is 2. The molecule has 0 aliphatic rings. The van der Waals surface area contributed by atoms with Crippen LogP contribution in [0.5, 0.6) is 0 Å². The molecule has 0 saturated heterocycles. The molecule has 0 aliphatic carbocycles. The number of carbonyl (C=O) groups is 1. The Labute approximate surface area is 153 Å². The average molecular weight is 346 g/mol. The summed E-state index contributed by atoms with van der Waals surface area (Å²) in [5.41, 5.74) is 8.06. The van der Waals surface area contributed by atoms with Crippen LogP contribution < -0.4 is 5.43 Å². The molecule has 5 nitrogen and oxygen atoms in total. The standard InChI is InChI=1S/C21H22N4O/c1-3-15-5-7-17(8-6-15)14-22-25-21(26)20-13-19(23-24-20)18-11-9-16(4-2)10-12-18/h5-14H,3-4H2,1-2H3,(H,23,24)(H,25,26). The second-order valence-electron chi connectivity index (χ2n) is 6.01. The van der Waals surface area contributed by atoms with Crippen LogP contribution in [-0.4, -0.2) is 22.3 Å². The summed E-state index contributed by atoms with van der Waals surface area (Å²) in [7, 11) is 0. The number of aromatic nitrogens is 2. The van der Waals surface area contributed by atoms with Gasteiger partial charge < -0.3 is 0 Å². The van der Waals surface area contributed by atoms with Crippen molar-refractivity contribution >= 4 is 12.1 Å². The van der Waals surface area contributed by atoms with Crippen LogP contribution in [0.1, 0.15) is 41.0 Å². The highest BCUT2D eigenvalue weighted by Gasteiger charge is 2.10. The van der Waals surface area contributed by atoms with Crippen molar-refractivity contribution in [1.82, 2.24) is 15.6 Å². The first-order valence-electron chi connectivity index (χ1n) is 8.76. The molecule has 0 radical (unpaired) electrons.